The lowest BCUT2D eigenvalue weighted by Gasteiger charge is -2.13. The Balaban J connectivity index is 1.88. The van der Waals surface area contributed by atoms with E-state index in [1.165, 1.54) is 18.2 Å². The summed E-state index contributed by atoms with van der Waals surface area (Å²) in [6.07, 6.45) is 0. The Labute approximate surface area is 184 Å². The van der Waals surface area contributed by atoms with Crippen molar-refractivity contribution < 1.29 is 18.4 Å². The third-order valence-electron chi connectivity index (χ3n) is 4.59. The third kappa shape index (κ3) is 5.27. The van der Waals surface area contributed by atoms with Crippen LogP contribution in [-0.4, -0.2) is 17.7 Å². The lowest BCUT2D eigenvalue weighted by Crippen LogP contribution is -2.30. The molecule has 160 valence electrons. The summed E-state index contributed by atoms with van der Waals surface area (Å²) in [6.45, 7) is 5.48. The molecule has 0 heterocycles. The molecular formula is C24H21ClF2N2O2. The van der Waals surface area contributed by atoms with Crippen molar-refractivity contribution in [2.75, 3.05) is 5.32 Å². The SMILES string of the molecule is Cc1ccc(C(=O)NC(C)C)cc1C(=O)c1ccc(Nc2ccc(F)cc2F)cc1Cl. The molecule has 0 aromatic heterocycles. The van der Waals surface area contributed by atoms with E-state index in [0.29, 0.717) is 22.4 Å². The Hall–Kier alpha value is -3.25. The molecule has 0 radical (unpaired) electrons. The van der Waals surface area contributed by atoms with Gasteiger partial charge in [-0.2, -0.15) is 0 Å². The quantitative estimate of drug-likeness (QED) is 0.457. The van der Waals surface area contributed by atoms with E-state index < -0.39 is 11.6 Å². The Bertz CT molecular complexity index is 1160. The van der Waals surface area contributed by atoms with Crippen molar-refractivity contribution in [2.45, 2.75) is 26.8 Å². The van der Waals surface area contributed by atoms with Crippen LogP contribution >= 0.6 is 11.6 Å². The zero-order chi connectivity index (χ0) is 22.7. The molecule has 0 aliphatic rings. The summed E-state index contributed by atoms with van der Waals surface area (Å²) < 4.78 is 26.9. The fourth-order valence-electron chi connectivity index (χ4n) is 3.02. The van der Waals surface area contributed by atoms with Crippen LogP contribution in [0.15, 0.2) is 54.6 Å². The number of anilines is 2. The number of rotatable bonds is 6. The molecule has 0 spiro atoms. The van der Waals surface area contributed by atoms with Gasteiger partial charge in [0, 0.05) is 34.5 Å². The van der Waals surface area contributed by atoms with Crippen LogP contribution in [0.1, 0.15) is 45.7 Å². The smallest absolute Gasteiger partial charge is 0.251 e. The van der Waals surface area contributed by atoms with Gasteiger partial charge in [0.1, 0.15) is 11.6 Å². The molecule has 3 aromatic carbocycles. The standard InChI is InChI=1S/C24H21ClF2N2O2/c1-13(2)28-24(31)15-5-4-14(3)19(10-15)23(30)18-8-7-17(12-20(18)25)29-22-9-6-16(26)11-21(22)27/h4-13,29H,1-3H3,(H,28,31). The second kappa shape index (κ2) is 9.27. The van der Waals surface area contributed by atoms with Gasteiger partial charge in [-0.25, -0.2) is 8.78 Å². The van der Waals surface area contributed by atoms with E-state index in [1.54, 1.807) is 31.2 Å². The van der Waals surface area contributed by atoms with Gasteiger partial charge in [-0.1, -0.05) is 17.7 Å². The van der Waals surface area contributed by atoms with Crippen molar-refractivity contribution in [2.24, 2.45) is 0 Å². The molecule has 0 aliphatic carbocycles. The Morgan fingerprint density at radius 3 is 2.32 bits per heavy atom. The Morgan fingerprint density at radius 1 is 0.935 bits per heavy atom. The van der Waals surface area contributed by atoms with Crippen LogP contribution in [0.4, 0.5) is 20.2 Å². The summed E-state index contributed by atoms with van der Waals surface area (Å²) in [5, 5.41) is 5.77. The van der Waals surface area contributed by atoms with Crippen LogP contribution < -0.4 is 10.6 Å². The van der Waals surface area contributed by atoms with E-state index in [4.69, 9.17) is 11.6 Å². The summed E-state index contributed by atoms with van der Waals surface area (Å²) in [5.74, 6) is -2.03. The van der Waals surface area contributed by atoms with Crippen molar-refractivity contribution in [1.29, 1.82) is 0 Å². The topological polar surface area (TPSA) is 58.2 Å². The molecule has 3 aromatic rings. The third-order valence-corrected chi connectivity index (χ3v) is 4.90. The van der Waals surface area contributed by atoms with Crippen LogP contribution in [-0.2, 0) is 0 Å². The number of carbonyl (C=O) groups excluding carboxylic acids is 2. The highest BCUT2D eigenvalue weighted by atomic mass is 35.5. The van der Waals surface area contributed by atoms with Gasteiger partial charge in [0.15, 0.2) is 5.78 Å². The molecule has 0 saturated heterocycles. The summed E-state index contributed by atoms with van der Waals surface area (Å²) >= 11 is 6.34. The largest absolute Gasteiger partial charge is 0.353 e. The minimum absolute atomic E-state index is 0.0339. The maximum absolute atomic E-state index is 13.9. The van der Waals surface area contributed by atoms with E-state index in [1.807, 2.05) is 13.8 Å². The number of aryl methyl sites for hydroxylation is 1. The van der Waals surface area contributed by atoms with Gasteiger partial charge in [0.25, 0.3) is 5.91 Å². The zero-order valence-corrected chi connectivity index (χ0v) is 18.0. The first-order chi connectivity index (χ1) is 14.7. The number of amides is 1. The second-order valence-corrected chi connectivity index (χ2v) is 7.84. The molecule has 0 aliphatic heterocycles. The van der Waals surface area contributed by atoms with Crippen molar-refractivity contribution in [3.05, 3.63) is 93.5 Å². The van der Waals surface area contributed by atoms with Crippen molar-refractivity contribution >= 4 is 34.7 Å². The molecule has 7 heteroatoms. The molecule has 0 saturated carbocycles. The Kier molecular flexibility index (Phi) is 6.71. The molecule has 2 N–H and O–H groups in total. The molecular weight excluding hydrogens is 422 g/mol. The lowest BCUT2D eigenvalue weighted by molar-refractivity contribution is 0.0943. The molecule has 4 nitrogen and oxygen atoms in total. The van der Waals surface area contributed by atoms with Crippen LogP contribution in [0.3, 0.4) is 0 Å². The van der Waals surface area contributed by atoms with E-state index in [9.17, 15) is 18.4 Å². The number of carbonyl (C=O) groups is 2. The van der Waals surface area contributed by atoms with E-state index >= 15 is 0 Å². The molecule has 0 bridgehead atoms. The van der Waals surface area contributed by atoms with E-state index in [-0.39, 0.29) is 34.0 Å². The number of hydrogen-bond acceptors (Lipinski definition) is 3. The highest BCUT2D eigenvalue weighted by molar-refractivity contribution is 6.35. The normalized spacial score (nSPS) is 10.8. The van der Waals surface area contributed by atoms with Crippen molar-refractivity contribution in [3.8, 4) is 0 Å². The Morgan fingerprint density at radius 2 is 1.68 bits per heavy atom. The first kappa shape index (κ1) is 22.4. The fraction of sp³-hybridized carbons (Fsp3) is 0.167. The van der Waals surface area contributed by atoms with Gasteiger partial charge in [0.05, 0.1) is 10.7 Å². The second-order valence-electron chi connectivity index (χ2n) is 7.43. The predicted molar refractivity (Wildman–Crippen MR) is 118 cm³/mol. The minimum atomic E-state index is -0.747. The van der Waals surface area contributed by atoms with Gasteiger partial charge in [-0.15, -0.1) is 0 Å². The van der Waals surface area contributed by atoms with Crippen LogP contribution in [0.25, 0.3) is 0 Å². The summed E-state index contributed by atoms with van der Waals surface area (Å²) in [5.41, 5.74) is 2.21. The fourth-order valence-corrected chi connectivity index (χ4v) is 3.29. The highest BCUT2D eigenvalue weighted by Crippen LogP contribution is 2.28. The minimum Gasteiger partial charge on any atom is -0.353 e. The van der Waals surface area contributed by atoms with Gasteiger partial charge < -0.3 is 10.6 Å². The molecule has 31 heavy (non-hydrogen) atoms. The van der Waals surface area contributed by atoms with Gasteiger partial charge in [0.2, 0.25) is 0 Å². The molecule has 0 fully saturated rings. The van der Waals surface area contributed by atoms with Crippen LogP contribution in [0.2, 0.25) is 5.02 Å². The van der Waals surface area contributed by atoms with E-state index in [0.717, 1.165) is 12.1 Å². The monoisotopic (exact) mass is 442 g/mol. The average molecular weight is 443 g/mol. The van der Waals surface area contributed by atoms with Crippen molar-refractivity contribution in [3.63, 3.8) is 0 Å². The number of halogens is 3. The first-order valence-electron chi connectivity index (χ1n) is 9.63. The first-order valence-corrected chi connectivity index (χ1v) is 10.0. The summed E-state index contributed by atoms with van der Waals surface area (Å²) in [6, 6.07) is 12.7. The summed E-state index contributed by atoms with van der Waals surface area (Å²) in [7, 11) is 0. The summed E-state index contributed by atoms with van der Waals surface area (Å²) in [4.78, 5) is 25.4. The maximum atomic E-state index is 13.9. The number of ketones is 1. The molecule has 1 amide bonds. The van der Waals surface area contributed by atoms with Gasteiger partial charge >= 0.3 is 0 Å². The lowest BCUT2D eigenvalue weighted by atomic mass is 9.96. The highest BCUT2D eigenvalue weighted by Gasteiger charge is 2.18. The van der Waals surface area contributed by atoms with Gasteiger partial charge in [-0.3, -0.25) is 9.59 Å². The van der Waals surface area contributed by atoms with Crippen molar-refractivity contribution in [1.82, 2.24) is 5.32 Å². The molecule has 3 rings (SSSR count). The van der Waals surface area contributed by atoms with Crippen LogP contribution in [0, 0.1) is 18.6 Å². The molecule has 0 atom stereocenters. The number of hydrogen-bond donors (Lipinski definition) is 2. The van der Waals surface area contributed by atoms with Crippen LogP contribution in [0.5, 0.6) is 0 Å². The average Bonchev–Trinajstić information content (AvgIpc) is 2.69. The maximum Gasteiger partial charge on any atom is 0.251 e. The molecule has 0 unspecified atom stereocenters. The number of benzene rings is 3. The zero-order valence-electron chi connectivity index (χ0n) is 17.2. The predicted octanol–water partition coefficient (Wildman–Crippen LogP) is 6.04. The van der Waals surface area contributed by atoms with E-state index in [2.05, 4.69) is 10.6 Å². The van der Waals surface area contributed by atoms with Gasteiger partial charge in [-0.05, 0) is 68.8 Å². The number of nitrogens with one attached hydrogen (secondary N) is 2.